The van der Waals surface area contributed by atoms with E-state index in [1.165, 1.54) is 11.8 Å². The van der Waals surface area contributed by atoms with Crippen LogP contribution in [-0.4, -0.2) is 74.1 Å². The Kier molecular flexibility index (Phi) is 8.82. The molecular weight excluding hydrogens is 584 g/mol. The molecule has 4 aliphatic heterocycles. The van der Waals surface area contributed by atoms with Crippen LogP contribution >= 0.6 is 0 Å². The summed E-state index contributed by atoms with van der Waals surface area (Å²) in [4.78, 5) is 13.2. The van der Waals surface area contributed by atoms with Gasteiger partial charge in [-0.1, -0.05) is 12.1 Å². The lowest BCUT2D eigenvalue weighted by molar-refractivity contribution is -0.137. The van der Waals surface area contributed by atoms with Gasteiger partial charge >= 0.3 is 12.2 Å². The predicted octanol–water partition coefficient (Wildman–Crippen LogP) is 3.94. The largest absolute Gasteiger partial charge is 0.473 e. The van der Waals surface area contributed by atoms with Gasteiger partial charge in [0, 0.05) is 37.3 Å². The molecule has 6 rings (SSSR count). The zero-order valence-corrected chi connectivity index (χ0v) is 23.6. The molecule has 2 aromatic carbocycles. The van der Waals surface area contributed by atoms with Crippen molar-refractivity contribution >= 4 is 29.4 Å². The van der Waals surface area contributed by atoms with Crippen LogP contribution in [0.2, 0.25) is 0 Å². The Morgan fingerprint density at radius 3 is 2.59 bits per heavy atom. The molecule has 234 valence electrons. The minimum absolute atomic E-state index is 0.108. The number of rotatable bonds is 7. The summed E-state index contributed by atoms with van der Waals surface area (Å²) < 4.78 is 69.8. The van der Waals surface area contributed by atoms with Gasteiger partial charge in [0.1, 0.15) is 17.7 Å². The second kappa shape index (κ2) is 12.9. The summed E-state index contributed by atoms with van der Waals surface area (Å²) in [6, 6.07) is 9.42. The third-order valence-corrected chi connectivity index (χ3v) is 7.73. The van der Waals surface area contributed by atoms with Gasteiger partial charge in [0.15, 0.2) is 12.2 Å². The molecule has 1 saturated heterocycles. The van der Waals surface area contributed by atoms with Crippen LogP contribution in [-0.2, 0) is 15.7 Å². The van der Waals surface area contributed by atoms with Gasteiger partial charge in [0.25, 0.3) is 0 Å². The number of aliphatic hydroxyl groups excluding tert-OH is 1. The Labute approximate surface area is 250 Å². The topological polar surface area (TPSA) is 121 Å². The van der Waals surface area contributed by atoms with E-state index in [4.69, 9.17) is 19.2 Å². The Morgan fingerprint density at radius 1 is 1.07 bits per heavy atom. The summed E-state index contributed by atoms with van der Waals surface area (Å²) in [5.74, 6) is 0.667. The standard InChI is InChI=1S/C30H32F4N6O4/c31-25-7-3-19(30(32,33)34)10-26(25)40-28(41)39-21-12-37-29(38-13-21)44-22-5-1-17(2-6-22)24-14-35-20-4-8-27(36-11-18(24)9-20)43-23-15-42-16-23/h1-3,5-7,10,12,14,18,20-21,23,28,35,39-41H,4,8-9,11,13,15-16H2. The van der Waals surface area contributed by atoms with Gasteiger partial charge in [-0.15, -0.1) is 0 Å². The summed E-state index contributed by atoms with van der Waals surface area (Å²) in [5.41, 5.74) is 0.685. The normalized spacial score (nSPS) is 24.4. The maximum atomic E-state index is 14.0. The zero-order valence-electron chi connectivity index (χ0n) is 23.6. The first-order chi connectivity index (χ1) is 21.2. The molecule has 0 spiro atoms. The summed E-state index contributed by atoms with van der Waals surface area (Å²) >= 11 is 0. The number of aliphatic imine (C=N–C) groups is 3. The molecule has 4 N–H and O–H groups in total. The molecule has 2 aromatic rings. The van der Waals surface area contributed by atoms with Crippen LogP contribution < -0.4 is 20.7 Å². The molecule has 44 heavy (non-hydrogen) atoms. The number of nitrogens with zero attached hydrogens (tertiary/aromatic N) is 3. The molecule has 4 heterocycles. The minimum Gasteiger partial charge on any atom is -0.473 e. The fourth-order valence-corrected chi connectivity index (χ4v) is 5.31. The van der Waals surface area contributed by atoms with Crippen LogP contribution in [0.25, 0.3) is 5.57 Å². The van der Waals surface area contributed by atoms with Crippen molar-refractivity contribution in [2.45, 2.75) is 50.0 Å². The summed E-state index contributed by atoms with van der Waals surface area (Å²) in [6.45, 7) is 2.02. The third-order valence-electron chi connectivity index (χ3n) is 7.73. The number of halogens is 4. The fourth-order valence-electron chi connectivity index (χ4n) is 5.31. The Bertz CT molecular complexity index is 1460. The summed E-state index contributed by atoms with van der Waals surface area (Å²) in [6.07, 6.45) is 0.205. The number of aliphatic hydroxyl groups is 1. The van der Waals surface area contributed by atoms with Crippen LogP contribution in [0, 0.1) is 11.7 Å². The highest BCUT2D eigenvalue weighted by molar-refractivity contribution is 5.88. The van der Waals surface area contributed by atoms with Gasteiger partial charge in [-0.05, 0) is 54.3 Å². The van der Waals surface area contributed by atoms with Crippen LogP contribution in [0.3, 0.4) is 0 Å². The quantitative estimate of drug-likeness (QED) is 0.275. The van der Waals surface area contributed by atoms with E-state index in [0.29, 0.717) is 49.7 Å². The first kappa shape index (κ1) is 30.0. The number of amidine groups is 1. The van der Waals surface area contributed by atoms with Gasteiger partial charge in [-0.3, -0.25) is 10.3 Å². The monoisotopic (exact) mass is 616 g/mol. The van der Waals surface area contributed by atoms with E-state index in [2.05, 4.69) is 32.1 Å². The van der Waals surface area contributed by atoms with Gasteiger partial charge in [-0.2, -0.15) is 13.2 Å². The first-order valence-corrected chi connectivity index (χ1v) is 14.4. The maximum Gasteiger partial charge on any atom is 0.416 e. The molecule has 0 radical (unpaired) electrons. The van der Waals surface area contributed by atoms with E-state index >= 15 is 0 Å². The van der Waals surface area contributed by atoms with E-state index in [1.54, 1.807) is 0 Å². The molecule has 2 bridgehead atoms. The second-order valence-corrected chi connectivity index (χ2v) is 11.0. The molecule has 10 nitrogen and oxygen atoms in total. The molecule has 4 unspecified atom stereocenters. The fraction of sp³-hybridized carbons (Fsp3) is 0.433. The lowest BCUT2D eigenvalue weighted by Crippen LogP contribution is -2.46. The SMILES string of the molecule is OC(Nc1cc(C(F)(F)F)ccc1F)NC1C=NC(Oc2ccc(C3=CNC4CCC(OC5COC5)=NCC3C4)cc2)=NC1. The van der Waals surface area contributed by atoms with Crippen molar-refractivity contribution in [3.05, 3.63) is 65.6 Å². The number of anilines is 1. The number of alkyl halides is 3. The van der Waals surface area contributed by atoms with Crippen LogP contribution in [0.5, 0.6) is 5.75 Å². The molecule has 0 aromatic heterocycles. The lowest BCUT2D eigenvalue weighted by Gasteiger charge is -2.34. The van der Waals surface area contributed by atoms with Crippen molar-refractivity contribution in [3.63, 3.8) is 0 Å². The highest BCUT2D eigenvalue weighted by Gasteiger charge is 2.32. The number of hydrogen-bond acceptors (Lipinski definition) is 10. The maximum absolute atomic E-state index is 14.0. The second-order valence-electron chi connectivity index (χ2n) is 11.0. The Morgan fingerprint density at radius 2 is 1.89 bits per heavy atom. The van der Waals surface area contributed by atoms with Gasteiger partial charge < -0.3 is 30.0 Å². The van der Waals surface area contributed by atoms with E-state index in [9.17, 15) is 22.7 Å². The van der Waals surface area contributed by atoms with E-state index in [-0.39, 0.29) is 24.6 Å². The summed E-state index contributed by atoms with van der Waals surface area (Å²) in [7, 11) is 0. The summed E-state index contributed by atoms with van der Waals surface area (Å²) in [5, 5.41) is 18.7. The number of ether oxygens (including phenoxy) is 3. The smallest absolute Gasteiger partial charge is 0.416 e. The zero-order chi connectivity index (χ0) is 30.7. The lowest BCUT2D eigenvalue weighted by atomic mass is 9.83. The predicted molar refractivity (Wildman–Crippen MR) is 156 cm³/mol. The molecule has 4 atom stereocenters. The van der Waals surface area contributed by atoms with Gasteiger partial charge in [-0.25, -0.2) is 14.4 Å². The van der Waals surface area contributed by atoms with Gasteiger partial charge in [0.05, 0.1) is 37.1 Å². The third kappa shape index (κ3) is 7.37. The number of nitrogens with one attached hydrogen (secondary N) is 3. The highest BCUT2D eigenvalue weighted by atomic mass is 19.4. The Hall–Kier alpha value is -4.01. The average Bonchev–Trinajstić information content (AvgIpc) is 2.97. The number of benzene rings is 2. The minimum atomic E-state index is -4.65. The molecular formula is C30H32F4N6O4. The molecule has 14 heteroatoms. The molecule has 0 saturated carbocycles. The number of hydrogen-bond donors (Lipinski definition) is 4. The molecule has 4 aliphatic rings. The van der Waals surface area contributed by atoms with Crippen molar-refractivity contribution in [1.29, 1.82) is 0 Å². The van der Waals surface area contributed by atoms with E-state index in [0.717, 1.165) is 30.7 Å². The van der Waals surface area contributed by atoms with Crippen molar-refractivity contribution < 1.29 is 36.9 Å². The van der Waals surface area contributed by atoms with Crippen molar-refractivity contribution in [1.82, 2.24) is 10.6 Å². The van der Waals surface area contributed by atoms with Crippen molar-refractivity contribution in [2.75, 3.05) is 31.6 Å². The average molecular weight is 617 g/mol. The highest BCUT2D eigenvalue weighted by Crippen LogP contribution is 2.34. The Balaban J connectivity index is 1.01. The van der Waals surface area contributed by atoms with Crippen LogP contribution in [0.4, 0.5) is 23.2 Å². The van der Waals surface area contributed by atoms with E-state index in [1.807, 2.05) is 24.3 Å². The van der Waals surface area contributed by atoms with Crippen LogP contribution in [0.15, 0.2) is 63.6 Å². The van der Waals surface area contributed by atoms with Crippen molar-refractivity contribution in [3.8, 4) is 5.75 Å². The molecule has 0 amide bonds. The molecule has 1 fully saturated rings. The number of fused-ring (bicyclic) bond motifs is 2. The molecule has 0 aliphatic carbocycles. The van der Waals surface area contributed by atoms with Crippen molar-refractivity contribution in [2.24, 2.45) is 20.9 Å². The van der Waals surface area contributed by atoms with E-state index < -0.39 is 35.6 Å². The van der Waals surface area contributed by atoms with Gasteiger partial charge in [0.2, 0.25) is 0 Å². The first-order valence-electron chi connectivity index (χ1n) is 14.4. The van der Waals surface area contributed by atoms with Crippen LogP contribution in [0.1, 0.15) is 30.4 Å².